The minimum atomic E-state index is 0.0703. The smallest absolute Gasteiger partial charge is 0.259 e. The Morgan fingerprint density at radius 2 is 1.93 bits per heavy atom. The molecule has 7 nitrogen and oxygen atoms in total. The fraction of sp³-hybridized carbons (Fsp3) is 0.300. The third-order valence-corrected chi connectivity index (χ3v) is 4.84. The van der Waals surface area contributed by atoms with Crippen molar-refractivity contribution in [3.8, 4) is 28.6 Å². The van der Waals surface area contributed by atoms with Gasteiger partial charge in [-0.3, -0.25) is 9.78 Å². The van der Waals surface area contributed by atoms with E-state index in [1.54, 1.807) is 12.4 Å². The molecule has 3 aromatic rings. The number of likely N-dealkylation sites (tertiary alicyclic amines) is 1. The van der Waals surface area contributed by atoms with Gasteiger partial charge in [-0.2, -0.15) is 4.98 Å². The van der Waals surface area contributed by atoms with Crippen LogP contribution >= 0.6 is 0 Å². The summed E-state index contributed by atoms with van der Waals surface area (Å²) >= 11 is 0. The molecule has 5 rings (SSSR count). The fourth-order valence-electron chi connectivity index (χ4n) is 3.10. The van der Waals surface area contributed by atoms with Crippen LogP contribution in [0.5, 0.6) is 5.75 Å². The first kappa shape index (κ1) is 16.0. The predicted molar refractivity (Wildman–Crippen MR) is 96.7 cm³/mol. The summed E-state index contributed by atoms with van der Waals surface area (Å²) in [5, 5.41) is 4.03. The SMILES string of the molecule is O=C(C1CC1)N1CC(Oc2ccc(-c3noc(-c4cccnc4)n3)cc2)C1. The Balaban J connectivity index is 1.21. The molecule has 136 valence electrons. The molecular formula is C20H18N4O3. The fourth-order valence-corrected chi connectivity index (χ4v) is 3.10. The van der Waals surface area contributed by atoms with Gasteiger partial charge in [0.05, 0.1) is 18.7 Å². The normalized spacial score (nSPS) is 16.8. The van der Waals surface area contributed by atoms with Crippen LogP contribution in [-0.2, 0) is 4.79 Å². The van der Waals surface area contributed by atoms with Gasteiger partial charge in [0.1, 0.15) is 11.9 Å². The highest BCUT2D eigenvalue weighted by Gasteiger charge is 2.40. The summed E-state index contributed by atoms with van der Waals surface area (Å²) in [5.41, 5.74) is 1.63. The number of pyridine rings is 1. The van der Waals surface area contributed by atoms with E-state index in [4.69, 9.17) is 9.26 Å². The number of amides is 1. The zero-order valence-electron chi connectivity index (χ0n) is 14.6. The second-order valence-electron chi connectivity index (χ2n) is 6.95. The number of carbonyl (C=O) groups excluding carboxylic acids is 1. The van der Waals surface area contributed by atoms with Crippen molar-refractivity contribution < 1.29 is 14.1 Å². The lowest BCUT2D eigenvalue weighted by Gasteiger charge is -2.39. The van der Waals surface area contributed by atoms with Crippen LogP contribution in [0.4, 0.5) is 0 Å². The molecule has 2 aromatic heterocycles. The number of hydrogen-bond donors (Lipinski definition) is 0. The minimum Gasteiger partial charge on any atom is -0.487 e. The van der Waals surface area contributed by atoms with Crippen molar-refractivity contribution in [1.82, 2.24) is 20.0 Å². The zero-order valence-corrected chi connectivity index (χ0v) is 14.6. The summed E-state index contributed by atoms with van der Waals surface area (Å²) in [6, 6.07) is 11.3. The van der Waals surface area contributed by atoms with Gasteiger partial charge in [-0.1, -0.05) is 5.16 Å². The van der Waals surface area contributed by atoms with Gasteiger partial charge >= 0.3 is 0 Å². The summed E-state index contributed by atoms with van der Waals surface area (Å²) < 4.78 is 11.2. The van der Waals surface area contributed by atoms with Gasteiger partial charge in [0.15, 0.2) is 0 Å². The van der Waals surface area contributed by atoms with Crippen molar-refractivity contribution in [3.63, 3.8) is 0 Å². The largest absolute Gasteiger partial charge is 0.487 e. The molecule has 1 amide bonds. The Hall–Kier alpha value is -3.22. The Morgan fingerprint density at radius 3 is 2.63 bits per heavy atom. The number of carbonyl (C=O) groups is 1. The van der Waals surface area contributed by atoms with E-state index in [2.05, 4.69) is 15.1 Å². The van der Waals surface area contributed by atoms with Crippen LogP contribution in [-0.4, -0.2) is 45.1 Å². The van der Waals surface area contributed by atoms with E-state index < -0.39 is 0 Å². The summed E-state index contributed by atoms with van der Waals surface area (Å²) in [5.74, 6) is 2.29. The van der Waals surface area contributed by atoms with Gasteiger partial charge in [0.25, 0.3) is 5.89 Å². The lowest BCUT2D eigenvalue weighted by Crippen LogP contribution is -2.56. The lowest BCUT2D eigenvalue weighted by molar-refractivity contribution is -0.141. The number of aromatic nitrogens is 3. The van der Waals surface area contributed by atoms with Crippen LogP contribution in [0, 0.1) is 5.92 Å². The van der Waals surface area contributed by atoms with Crippen LogP contribution in [0.15, 0.2) is 53.3 Å². The van der Waals surface area contributed by atoms with E-state index in [0.29, 0.717) is 24.8 Å². The third-order valence-electron chi connectivity index (χ3n) is 4.84. The summed E-state index contributed by atoms with van der Waals surface area (Å²) in [4.78, 5) is 22.3. The van der Waals surface area contributed by atoms with Gasteiger partial charge < -0.3 is 14.2 Å². The Morgan fingerprint density at radius 1 is 1.11 bits per heavy atom. The summed E-state index contributed by atoms with van der Waals surface area (Å²) in [6.45, 7) is 1.35. The Labute approximate surface area is 156 Å². The van der Waals surface area contributed by atoms with Crippen molar-refractivity contribution in [2.24, 2.45) is 5.92 Å². The van der Waals surface area contributed by atoms with E-state index in [1.807, 2.05) is 41.3 Å². The van der Waals surface area contributed by atoms with Gasteiger partial charge in [0.2, 0.25) is 11.7 Å². The van der Waals surface area contributed by atoms with Gasteiger partial charge in [-0.05, 0) is 49.2 Å². The monoisotopic (exact) mass is 362 g/mol. The topological polar surface area (TPSA) is 81.4 Å². The maximum atomic E-state index is 11.9. The molecule has 1 aliphatic heterocycles. The maximum Gasteiger partial charge on any atom is 0.259 e. The third kappa shape index (κ3) is 3.28. The molecular weight excluding hydrogens is 344 g/mol. The van der Waals surface area contributed by atoms with E-state index in [-0.39, 0.29) is 17.9 Å². The van der Waals surface area contributed by atoms with Crippen molar-refractivity contribution in [2.45, 2.75) is 18.9 Å². The minimum absolute atomic E-state index is 0.0703. The molecule has 1 saturated carbocycles. The zero-order chi connectivity index (χ0) is 18.2. The molecule has 0 unspecified atom stereocenters. The molecule has 1 aliphatic carbocycles. The van der Waals surface area contributed by atoms with E-state index >= 15 is 0 Å². The van der Waals surface area contributed by atoms with E-state index in [0.717, 1.165) is 29.7 Å². The van der Waals surface area contributed by atoms with Crippen molar-refractivity contribution in [2.75, 3.05) is 13.1 Å². The quantitative estimate of drug-likeness (QED) is 0.694. The van der Waals surface area contributed by atoms with Crippen molar-refractivity contribution >= 4 is 5.91 Å². The molecule has 0 radical (unpaired) electrons. The van der Waals surface area contributed by atoms with Gasteiger partial charge in [-0.15, -0.1) is 0 Å². The molecule has 0 atom stereocenters. The highest BCUT2D eigenvalue weighted by atomic mass is 16.5. The Kier molecular flexibility index (Phi) is 3.85. The molecule has 27 heavy (non-hydrogen) atoms. The van der Waals surface area contributed by atoms with Gasteiger partial charge in [0, 0.05) is 23.9 Å². The number of nitrogens with zero attached hydrogens (tertiary/aromatic N) is 4. The molecule has 2 fully saturated rings. The summed E-state index contributed by atoms with van der Waals surface area (Å²) in [6.07, 6.45) is 5.54. The van der Waals surface area contributed by atoms with Crippen LogP contribution in [0.3, 0.4) is 0 Å². The number of ether oxygens (including phenoxy) is 1. The van der Waals surface area contributed by atoms with Crippen molar-refractivity contribution in [1.29, 1.82) is 0 Å². The van der Waals surface area contributed by atoms with Crippen LogP contribution < -0.4 is 4.74 Å². The maximum absolute atomic E-state index is 11.9. The summed E-state index contributed by atoms with van der Waals surface area (Å²) in [7, 11) is 0. The number of rotatable bonds is 5. The van der Waals surface area contributed by atoms with E-state index in [9.17, 15) is 4.79 Å². The first-order chi connectivity index (χ1) is 13.3. The van der Waals surface area contributed by atoms with Crippen molar-refractivity contribution in [3.05, 3.63) is 48.8 Å². The van der Waals surface area contributed by atoms with E-state index in [1.165, 1.54) is 0 Å². The second-order valence-corrected chi connectivity index (χ2v) is 6.95. The average molecular weight is 362 g/mol. The first-order valence-corrected chi connectivity index (χ1v) is 9.06. The van der Waals surface area contributed by atoms with Gasteiger partial charge in [-0.25, -0.2) is 0 Å². The number of hydrogen-bond acceptors (Lipinski definition) is 6. The number of benzene rings is 1. The predicted octanol–water partition coefficient (Wildman–Crippen LogP) is 2.80. The highest BCUT2D eigenvalue weighted by molar-refractivity contribution is 5.81. The first-order valence-electron chi connectivity index (χ1n) is 9.06. The molecule has 2 aliphatic rings. The van der Waals surface area contributed by atoms with Crippen LogP contribution in [0.2, 0.25) is 0 Å². The molecule has 7 heteroatoms. The molecule has 0 spiro atoms. The van der Waals surface area contributed by atoms with Crippen LogP contribution in [0.25, 0.3) is 22.8 Å². The standard InChI is InChI=1S/C20H18N4O3/c25-20(14-3-4-14)24-11-17(12-24)26-16-7-5-13(6-8-16)18-22-19(27-23-18)15-2-1-9-21-10-15/h1-2,5-10,14,17H,3-4,11-12H2. The Bertz CT molecular complexity index is 945. The van der Waals surface area contributed by atoms with Crippen LogP contribution in [0.1, 0.15) is 12.8 Å². The molecule has 1 saturated heterocycles. The lowest BCUT2D eigenvalue weighted by atomic mass is 10.1. The average Bonchev–Trinajstić information content (AvgIpc) is 3.42. The second kappa shape index (κ2) is 6.50. The molecule has 0 bridgehead atoms. The highest BCUT2D eigenvalue weighted by Crippen LogP contribution is 2.33. The molecule has 1 aromatic carbocycles. The molecule has 0 N–H and O–H groups in total. The molecule has 3 heterocycles.